The van der Waals surface area contributed by atoms with Gasteiger partial charge in [0.25, 0.3) is 0 Å². The molecule has 0 aromatic heterocycles. The van der Waals surface area contributed by atoms with Gasteiger partial charge in [-0.1, -0.05) is 0 Å². The van der Waals surface area contributed by atoms with Gasteiger partial charge in [0, 0.05) is 24.2 Å². The van der Waals surface area contributed by atoms with E-state index >= 15 is 0 Å². The van der Waals surface area contributed by atoms with E-state index in [2.05, 4.69) is 12.2 Å². The minimum absolute atomic E-state index is 0.0838. The number of rotatable bonds is 3. The van der Waals surface area contributed by atoms with E-state index in [0.717, 1.165) is 19.8 Å². The highest BCUT2D eigenvalue weighted by Crippen LogP contribution is 2.29. The summed E-state index contributed by atoms with van der Waals surface area (Å²) in [4.78, 5) is 0. The molecule has 2 aliphatic rings. The van der Waals surface area contributed by atoms with E-state index in [0.29, 0.717) is 0 Å². The molecule has 14 heavy (non-hydrogen) atoms. The van der Waals surface area contributed by atoms with Crippen molar-refractivity contribution in [3.63, 3.8) is 0 Å². The highest BCUT2D eigenvalue weighted by molar-refractivity contribution is 4.97. The smallest absolute Gasteiger partial charge is 0.0645 e. The maximum absolute atomic E-state index is 6.18. The number of hydrogen-bond acceptors (Lipinski definition) is 3. The van der Waals surface area contributed by atoms with Gasteiger partial charge in [-0.15, -0.1) is 0 Å². The van der Waals surface area contributed by atoms with Crippen LogP contribution in [0.4, 0.5) is 0 Å². The average molecular weight is 198 g/mol. The predicted octanol–water partition coefficient (Wildman–Crippen LogP) is 1.03. The Bertz CT molecular complexity index is 195. The second kappa shape index (κ2) is 3.80. The van der Waals surface area contributed by atoms with Crippen LogP contribution in [-0.4, -0.2) is 30.8 Å². The number of ether oxygens (including phenoxy) is 1. The summed E-state index contributed by atoms with van der Waals surface area (Å²) in [5.41, 5.74) is 6.43. The van der Waals surface area contributed by atoms with Gasteiger partial charge in [0.1, 0.15) is 0 Å². The van der Waals surface area contributed by atoms with Crippen LogP contribution in [0.2, 0.25) is 0 Å². The van der Waals surface area contributed by atoms with Crippen LogP contribution >= 0.6 is 0 Å². The molecule has 3 heteroatoms. The van der Waals surface area contributed by atoms with Crippen molar-refractivity contribution in [2.45, 2.75) is 50.1 Å². The van der Waals surface area contributed by atoms with E-state index in [-0.39, 0.29) is 11.1 Å². The minimum Gasteiger partial charge on any atom is -0.380 e. The molecule has 1 atom stereocenters. The van der Waals surface area contributed by atoms with Gasteiger partial charge in [-0.2, -0.15) is 0 Å². The zero-order valence-electron chi connectivity index (χ0n) is 9.14. The lowest BCUT2D eigenvalue weighted by Crippen LogP contribution is -2.60. The molecule has 1 aliphatic heterocycles. The minimum atomic E-state index is 0.0838. The van der Waals surface area contributed by atoms with Crippen molar-refractivity contribution in [3.8, 4) is 0 Å². The summed E-state index contributed by atoms with van der Waals surface area (Å²) >= 11 is 0. The summed E-state index contributed by atoms with van der Waals surface area (Å²) in [5, 5.41) is 3.59. The molecule has 1 saturated carbocycles. The second-order valence-electron chi connectivity index (χ2n) is 5.29. The topological polar surface area (TPSA) is 47.3 Å². The van der Waals surface area contributed by atoms with Gasteiger partial charge >= 0.3 is 0 Å². The molecule has 2 rings (SSSR count). The maximum atomic E-state index is 6.18. The Morgan fingerprint density at radius 3 is 2.57 bits per heavy atom. The molecule has 1 saturated heterocycles. The molecule has 0 amide bonds. The Morgan fingerprint density at radius 2 is 2.07 bits per heavy atom. The molecule has 2 fully saturated rings. The van der Waals surface area contributed by atoms with E-state index in [9.17, 15) is 0 Å². The molecule has 82 valence electrons. The Morgan fingerprint density at radius 1 is 1.29 bits per heavy atom. The molecule has 0 bridgehead atoms. The Hall–Kier alpha value is -0.120. The summed E-state index contributed by atoms with van der Waals surface area (Å²) in [7, 11) is 0. The maximum Gasteiger partial charge on any atom is 0.0645 e. The molecule has 0 radical (unpaired) electrons. The summed E-state index contributed by atoms with van der Waals surface area (Å²) in [6.07, 6.45) is 6.03. The van der Waals surface area contributed by atoms with Crippen molar-refractivity contribution in [1.82, 2.24) is 5.32 Å². The molecular formula is C11H22N2O. The zero-order valence-corrected chi connectivity index (χ0v) is 9.14. The highest BCUT2D eigenvalue weighted by atomic mass is 16.5. The van der Waals surface area contributed by atoms with Gasteiger partial charge in [0.2, 0.25) is 0 Å². The zero-order chi connectivity index (χ0) is 10.1. The molecule has 3 N–H and O–H groups in total. The van der Waals surface area contributed by atoms with Crippen molar-refractivity contribution in [3.05, 3.63) is 0 Å². The largest absolute Gasteiger partial charge is 0.380 e. The molecule has 1 heterocycles. The van der Waals surface area contributed by atoms with Gasteiger partial charge in [-0.3, -0.25) is 0 Å². The van der Waals surface area contributed by atoms with Gasteiger partial charge in [0.05, 0.1) is 6.61 Å². The van der Waals surface area contributed by atoms with Crippen molar-refractivity contribution >= 4 is 0 Å². The lowest BCUT2D eigenvalue weighted by atomic mass is 9.77. The van der Waals surface area contributed by atoms with E-state index in [1.54, 1.807) is 0 Å². The van der Waals surface area contributed by atoms with Gasteiger partial charge in [0.15, 0.2) is 0 Å². The van der Waals surface area contributed by atoms with Crippen LogP contribution in [-0.2, 0) is 4.74 Å². The quantitative estimate of drug-likeness (QED) is 0.712. The summed E-state index contributed by atoms with van der Waals surface area (Å²) in [6, 6.07) is 0. The van der Waals surface area contributed by atoms with Crippen LogP contribution in [0.5, 0.6) is 0 Å². The van der Waals surface area contributed by atoms with Gasteiger partial charge in [-0.05, 0) is 39.0 Å². The first-order chi connectivity index (χ1) is 6.62. The fraction of sp³-hybridized carbons (Fsp3) is 1.00. The van der Waals surface area contributed by atoms with E-state index in [1.807, 2.05) is 0 Å². The van der Waals surface area contributed by atoms with Gasteiger partial charge in [-0.25, -0.2) is 0 Å². The number of nitrogens with two attached hydrogens (primary N) is 1. The molecule has 0 aromatic carbocycles. The lowest BCUT2D eigenvalue weighted by Gasteiger charge is -2.43. The lowest BCUT2D eigenvalue weighted by molar-refractivity contribution is 0.0234. The SMILES string of the molecule is CC1(NCC2(N)CCC2)CCCOC1. The second-order valence-corrected chi connectivity index (χ2v) is 5.29. The number of nitrogens with one attached hydrogen (secondary N) is 1. The van der Waals surface area contributed by atoms with Crippen molar-refractivity contribution in [2.75, 3.05) is 19.8 Å². The predicted molar refractivity (Wildman–Crippen MR) is 57.2 cm³/mol. The van der Waals surface area contributed by atoms with Crippen LogP contribution < -0.4 is 11.1 Å². The van der Waals surface area contributed by atoms with Crippen LogP contribution in [0, 0.1) is 0 Å². The highest BCUT2D eigenvalue weighted by Gasteiger charge is 2.35. The standard InChI is InChI=1S/C11H22N2O/c1-10(4-3-7-14-9-10)13-8-11(12)5-2-6-11/h13H,2-9,12H2,1H3. The first-order valence-corrected chi connectivity index (χ1v) is 5.74. The Balaban J connectivity index is 1.77. The van der Waals surface area contributed by atoms with Crippen molar-refractivity contribution in [1.29, 1.82) is 0 Å². The third kappa shape index (κ3) is 2.27. The fourth-order valence-corrected chi connectivity index (χ4v) is 2.27. The Labute approximate surface area is 86.4 Å². The van der Waals surface area contributed by atoms with E-state index < -0.39 is 0 Å². The summed E-state index contributed by atoms with van der Waals surface area (Å²) < 4.78 is 5.50. The normalized spacial score (nSPS) is 36.4. The molecule has 0 spiro atoms. The summed E-state index contributed by atoms with van der Waals surface area (Å²) in [6.45, 7) is 4.95. The first kappa shape index (κ1) is 10.4. The van der Waals surface area contributed by atoms with Crippen LogP contribution in [0.3, 0.4) is 0 Å². The molecule has 3 nitrogen and oxygen atoms in total. The molecular weight excluding hydrogens is 176 g/mol. The number of hydrogen-bond donors (Lipinski definition) is 2. The third-order valence-corrected chi connectivity index (χ3v) is 3.65. The monoisotopic (exact) mass is 198 g/mol. The van der Waals surface area contributed by atoms with Gasteiger partial charge < -0.3 is 15.8 Å². The Kier molecular flexibility index (Phi) is 2.82. The first-order valence-electron chi connectivity index (χ1n) is 5.74. The van der Waals surface area contributed by atoms with Crippen LogP contribution in [0.1, 0.15) is 39.0 Å². The average Bonchev–Trinajstić information content (AvgIpc) is 2.13. The van der Waals surface area contributed by atoms with Crippen molar-refractivity contribution < 1.29 is 4.74 Å². The molecule has 0 aromatic rings. The van der Waals surface area contributed by atoms with E-state index in [4.69, 9.17) is 10.5 Å². The van der Waals surface area contributed by atoms with Crippen molar-refractivity contribution in [2.24, 2.45) is 5.73 Å². The van der Waals surface area contributed by atoms with E-state index in [1.165, 1.54) is 32.1 Å². The molecule has 1 unspecified atom stereocenters. The van der Waals surface area contributed by atoms with Crippen LogP contribution in [0.15, 0.2) is 0 Å². The fourth-order valence-electron chi connectivity index (χ4n) is 2.27. The third-order valence-electron chi connectivity index (χ3n) is 3.65. The summed E-state index contributed by atoms with van der Waals surface area (Å²) in [5.74, 6) is 0. The molecule has 1 aliphatic carbocycles. The van der Waals surface area contributed by atoms with Crippen LogP contribution in [0.25, 0.3) is 0 Å².